The van der Waals surface area contributed by atoms with Gasteiger partial charge in [-0.15, -0.1) is 0 Å². The van der Waals surface area contributed by atoms with Crippen molar-refractivity contribution in [2.45, 2.75) is 0 Å². The third kappa shape index (κ3) is 3.74. The average Bonchev–Trinajstić information content (AvgIpc) is 3.29. The van der Waals surface area contributed by atoms with E-state index in [-0.39, 0.29) is 11.5 Å². The first-order valence-electron chi connectivity index (χ1n) is 8.46. The van der Waals surface area contributed by atoms with E-state index in [0.717, 1.165) is 17.1 Å². The lowest BCUT2D eigenvalue weighted by Gasteiger charge is -2.07. The third-order valence-corrected chi connectivity index (χ3v) is 5.00. The summed E-state index contributed by atoms with van der Waals surface area (Å²) in [5, 5.41) is 12.3. The zero-order valence-corrected chi connectivity index (χ0v) is 15.4. The summed E-state index contributed by atoms with van der Waals surface area (Å²) in [6.45, 7) is 0. The molecule has 28 heavy (non-hydrogen) atoms. The number of aromatic carboxylic acids is 1. The molecule has 2 heterocycles. The molecule has 7 heteroatoms. The van der Waals surface area contributed by atoms with Crippen molar-refractivity contribution in [1.29, 1.82) is 0 Å². The maximum atomic E-state index is 12.3. The molecule has 3 aromatic rings. The SMILES string of the molecule is O=C1NC(=Nc2ccccc2)S/C1=C\c1cccn1-c1ccc(C(=O)O)cc1. The minimum Gasteiger partial charge on any atom is -0.478 e. The lowest BCUT2D eigenvalue weighted by Crippen LogP contribution is -2.19. The molecule has 1 aliphatic heterocycles. The van der Waals surface area contributed by atoms with E-state index in [4.69, 9.17) is 5.11 Å². The summed E-state index contributed by atoms with van der Waals surface area (Å²) >= 11 is 1.28. The molecular formula is C21H15N3O3S. The van der Waals surface area contributed by atoms with E-state index in [1.807, 2.05) is 53.2 Å². The van der Waals surface area contributed by atoms with Crippen molar-refractivity contribution in [2.75, 3.05) is 0 Å². The topological polar surface area (TPSA) is 83.7 Å². The molecule has 6 nitrogen and oxygen atoms in total. The molecule has 0 aliphatic carbocycles. The van der Waals surface area contributed by atoms with Gasteiger partial charge in [0.05, 0.1) is 16.2 Å². The van der Waals surface area contributed by atoms with Crippen LogP contribution in [0.4, 0.5) is 5.69 Å². The van der Waals surface area contributed by atoms with Gasteiger partial charge in [0.15, 0.2) is 5.17 Å². The minimum atomic E-state index is -0.967. The van der Waals surface area contributed by atoms with Crippen LogP contribution in [-0.4, -0.2) is 26.7 Å². The molecular weight excluding hydrogens is 374 g/mol. The summed E-state index contributed by atoms with van der Waals surface area (Å²) in [4.78, 5) is 28.3. The normalized spacial score (nSPS) is 16.5. The lowest BCUT2D eigenvalue weighted by molar-refractivity contribution is -0.115. The lowest BCUT2D eigenvalue weighted by atomic mass is 10.2. The van der Waals surface area contributed by atoms with Crippen molar-refractivity contribution in [3.05, 3.63) is 89.1 Å². The highest BCUT2D eigenvalue weighted by atomic mass is 32.2. The van der Waals surface area contributed by atoms with Gasteiger partial charge in [-0.25, -0.2) is 9.79 Å². The van der Waals surface area contributed by atoms with Crippen molar-refractivity contribution in [3.8, 4) is 5.69 Å². The number of benzene rings is 2. The number of nitrogens with one attached hydrogen (secondary N) is 1. The molecule has 0 spiro atoms. The van der Waals surface area contributed by atoms with Crippen LogP contribution >= 0.6 is 11.8 Å². The number of amides is 1. The Balaban J connectivity index is 1.60. The number of hydrogen-bond acceptors (Lipinski definition) is 4. The first-order valence-corrected chi connectivity index (χ1v) is 9.27. The maximum Gasteiger partial charge on any atom is 0.335 e. The number of thioether (sulfide) groups is 1. The van der Waals surface area contributed by atoms with Gasteiger partial charge in [-0.1, -0.05) is 18.2 Å². The van der Waals surface area contributed by atoms with Crippen LogP contribution in [0.25, 0.3) is 11.8 Å². The quantitative estimate of drug-likeness (QED) is 0.659. The molecule has 1 fully saturated rings. The summed E-state index contributed by atoms with van der Waals surface area (Å²) in [5.74, 6) is -1.17. The standard InChI is InChI=1S/C21H15N3O3S/c25-19-18(28-21(23-19)22-15-5-2-1-3-6-15)13-17-7-4-12-24(17)16-10-8-14(9-11-16)20(26)27/h1-13H,(H,26,27)(H,22,23,25)/b18-13-. The highest BCUT2D eigenvalue weighted by Crippen LogP contribution is 2.28. The van der Waals surface area contributed by atoms with Gasteiger partial charge in [-0.05, 0) is 66.4 Å². The van der Waals surface area contributed by atoms with Crippen LogP contribution in [0.5, 0.6) is 0 Å². The molecule has 0 saturated carbocycles. The van der Waals surface area contributed by atoms with Crippen LogP contribution in [0.15, 0.2) is 82.8 Å². The first kappa shape index (κ1) is 17.8. The summed E-state index contributed by atoms with van der Waals surface area (Å²) in [7, 11) is 0. The number of para-hydroxylation sites is 1. The number of carboxylic acids is 1. The van der Waals surface area contributed by atoms with E-state index in [1.165, 1.54) is 11.8 Å². The number of carbonyl (C=O) groups excluding carboxylic acids is 1. The van der Waals surface area contributed by atoms with E-state index in [1.54, 1.807) is 30.3 Å². The zero-order valence-electron chi connectivity index (χ0n) is 14.6. The van der Waals surface area contributed by atoms with E-state index in [2.05, 4.69) is 10.3 Å². The second-order valence-corrected chi connectivity index (χ2v) is 7.00. The highest BCUT2D eigenvalue weighted by molar-refractivity contribution is 8.18. The number of hydrogen-bond donors (Lipinski definition) is 2. The van der Waals surface area contributed by atoms with Gasteiger partial charge in [-0.2, -0.15) is 0 Å². The number of aliphatic imine (C=N–C) groups is 1. The fraction of sp³-hybridized carbons (Fsp3) is 0. The number of carbonyl (C=O) groups is 2. The van der Waals surface area contributed by atoms with Gasteiger partial charge in [0.25, 0.3) is 5.91 Å². The average molecular weight is 389 g/mol. The molecule has 2 aromatic carbocycles. The summed E-state index contributed by atoms with van der Waals surface area (Å²) in [6.07, 6.45) is 3.65. The van der Waals surface area contributed by atoms with Crippen LogP contribution < -0.4 is 5.32 Å². The van der Waals surface area contributed by atoms with Crippen molar-refractivity contribution < 1.29 is 14.7 Å². The third-order valence-electron chi connectivity index (χ3n) is 4.09. The van der Waals surface area contributed by atoms with Crippen molar-refractivity contribution in [3.63, 3.8) is 0 Å². The van der Waals surface area contributed by atoms with Crippen LogP contribution in [0.3, 0.4) is 0 Å². The second kappa shape index (κ2) is 7.58. The van der Waals surface area contributed by atoms with Crippen LogP contribution in [-0.2, 0) is 4.79 Å². The van der Waals surface area contributed by atoms with Gasteiger partial charge in [0.2, 0.25) is 0 Å². The largest absolute Gasteiger partial charge is 0.478 e. The molecule has 1 aromatic heterocycles. The molecule has 2 N–H and O–H groups in total. The molecule has 1 aliphatic rings. The Morgan fingerprint density at radius 1 is 1.04 bits per heavy atom. The summed E-state index contributed by atoms with van der Waals surface area (Å²) in [6, 6.07) is 19.7. The fourth-order valence-corrected chi connectivity index (χ4v) is 3.57. The van der Waals surface area contributed by atoms with Crippen LogP contribution in [0, 0.1) is 0 Å². The number of rotatable bonds is 4. The van der Waals surface area contributed by atoms with Gasteiger partial charge in [0.1, 0.15) is 0 Å². The predicted octanol–water partition coefficient (Wildman–Crippen LogP) is 4.07. The maximum absolute atomic E-state index is 12.3. The van der Waals surface area contributed by atoms with E-state index >= 15 is 0 Å². The van der Waals surface area contributed by atoms with Crippen LogP contribution in [0.1, 0.15) is 16.1 Å². The van der Waals surface area contributed by atoms with Gasteiger partial charge < -0.3 is 15.0 Å². The van der Waals surface area contributed by atoms with Gasteiger partial charge in [-0.3, -0.25) is 4.79 Å². The number of amidine groups is 1. The molecule has 0 radical (unpaired) electrons. The Hall–Kier alpha value is -3.58. The Morgan fingerprint density at radius 2 is 1.79 bits per heavy atom. The first-order chi connectivity index (χ1) is 13.6. The Bertz CT molecular complexity index is 1100. The van der Waals surface area contributed by atoms with Gasteiger partial charge in [0, 0.05) is 17.6 Å². The Kier molecular flexibility index (Phi) is 4.82. The minimum absolute atomic E-state index is 0.200. The van der Waals surface area contributed by atoms with Crippen molar-refractivity contribution in [1.82, 2.24) is 9.88 Å². The fourth-order valence-electron chi connectivity index (χ4n) is 2.75. The summed E-state index contributed by atoms with van der Waals surface area (Å²) < 4.78 is 1.89. The van der Waals surface area contributed by atoms with E-state index < -0.39 is 5.97 Å². The van der Waals surface area contributed by atoms with E-state index in [0.29, 0.717) is 10.1 Å². The summed E-state index contributed by atoms with van der Waals surface area (Å²) in [5.41, 5.74) is 2.61. The Morgan fingerprint density at radius 3 is 2.50 bits per heavy atom. The number of aromatic nitrogens is 1. The Labute approximate surface area is 165 Å². The van der Waals surface area contributed by atoms with Crippen LogP contribution in [0.2, 0.25) is 0 Å². The number of carboxylic acid groups (broad SMARTS) is 1. The molecule has 1 amide bonds. The highest BCUT2D eigenvalue weighted by Gasteiger charge is 2.24. The molecule has 0 bridgehead atoms. The van der Waals surface area contributed by atoms with Crippen molar-refractivity contribution >= 4 is 40.6 Å². The number of nitrogens with zero attached hydrogens (tertiary/aromatic N) is 2. The molecule has 4 rings (SSSR count). The molecule has 138 valence electrons. The van der Waals surface area contributed by atoms with Gasteiger partial charge >= 0.3 is 5.97 Å². The zero-order chi connectivity index (χ0) is 19.5. The van der Waals surface area contributed by atoms with Crippen molar-refractivity contribution in [2.24, 2.45) is 4.99 Å². The molecule has 0 atom stereocenters. The predicted molar refractivity (Wildman–Crippen MR) is 110 cm³/mol. The smallest absolute Gasteiger partial charge is 0.335 e. The molecule has 1 saturated heterocycles. The second-order valence-electron chi connectivity index (χ2n) is 5.97. The monoisotopic (exact) mass is 389 g/mol. The van der Waals surface area contributed by atoms with E-state index in [9.17, 15) is 9.59 Å². The molecule has 0 unspecified atom stereocenters.